The first kappa shape index (κ1) is 26.8. The van der Waals surface area contributed by atoms with Crippen LogP contribution < -0.4 is 10.3 Å². The maximum atomic E-state index is 14.1. The lowest BCUT2D eigenvalue weighted by Gasteiger charge is -2.22. The summed E-state index contributed by atoms with van der Waals surface area (Å²) in [5, 5.41) is 11.6. The summed E-state index contributed by atoms with van der Waals surface area (Å²) < 4.78 is 38.7. The van der Waals surface area contributed by atoms with E-state index in [4.69, 9.17) is 9.47 Å². The van der Waals surface area contributed by atoms with Crippen LogP contribution in [-0.2, 0) is 10.7 Å². The lowest BCUT2D eigenvalue weighted by molar-refractivity contribution is -0.0831. The molecule has 3 aromatic rings. The van der Waals surface area contributed by atoms with Crippen molar-refractivity contribution >= 4 is 10.9 Å². The molecule has 2 aromatic carbocycles. The molecule has 0 aliphatic carbocycles. The van der Waals surface area contributed by atoms with Crippen LogP contribution in [0.4, 0.5) is 8.78 Å². The Morgan fingerprint density at radius 3 is 2.51 bits per heavy atom. The second-order valence-corrected chi connectivity index (χ2v) is 8.78. The van der Waals surface area contributed by atoms with Gasteiger partial charge in [0.05, 0.1) is 18.7 Å². The first-order valence-corrected chi connectivity index (χ1v) is 11.9. The topological polar surface area (TPSA) is 74.8 Å². The van der Waals surface area contributed by atoms with Gasteiger partial charge < -0.3 is 24.5 Å². The summed E-state index contributed by atoms with van der Waals surface area (Å²) in [6.45, 7) is 0.947. The van der Waals surface area contributed by atoms with Gasteiger partial charge in [0, 0.05) is 30.2 Å². The number of hydrogen-bond donors (Lipinski definition) is 2. The molecule has 0 radical (unpaired) electrons. The number of aliphatic hydroxyl groups excluding tert-OH is 1. The van der Waals surface area contributed by atoms with Gasteiger partial charge in [-0.2, -0.15) is 8.78 Å². The number of fused-ring (bicyclic) bond motifs is 1. The third-order valence-corrected chi connectivity index (χ3v) is 6.01. The molecular formula is C27H34F2N2O4. The molecule has 0 saturated heterocycles. The predicted octanol–water partition coefficient (Wildman–Crippen LogP) is 4.87. The van der Waals surface area contributed by atoms with E-state index in [0.717, 1.165) is 43.2 Å². The van der Waals surface area contributed by atoms with Gasteiger partial charge in [-0.3, -0.25) is 4.79 Å². The Kier molecular flexibility index (Phi) is 9.77. The van der Waals surface area contributed by atoms with Crippen molar-refractivity contribution in [3.8, 4) is 5.75 Å². The second kappa shape index (κ2) is 12.8. The van der Waals surface area contributed by atoms with Crippen molar-refractivity contribution in [1.82, 2.24) is 9.88 Å². The number of H-pyrrole nitrogens is 1. The fourth-order valence-corrected chi connectivity index (χ4v) is 4.10. The zero-order chi connectivity index (χ0) is 25.3. The van der Waals surface area contributed by atoms with Gasteiger partial charge in [0.25, 0.3) is 5.92 Å². The van der Waals surface area contributed by atoms with Crippen LogP contribution in [0, 0.1) is 0 Å². The molecule has 8 heteroatoms. The van der Waals surface area contributed by atoms with Crippen LogP contribution in [0.3, 0.4) is 0 Å². The van der Waals surface area contributed by atoms with Gasteiger partial charge in [-0.15, -0.1) is 0 Å². The maximum Gasteiger partial charge on any atom is 0.296 e. The summed E-state index contributed by atoms with van der Waals surface area (Å²) in [6.07, 6.45) is 2.78. The number of halogens is 2. The van der Waals surface area contributed by atoms with Gasteiger partial charge in [-0.25, -0.2) is 0 Å². The molecule has 0 fully saturated rings. The molecule has 1 atom stereocenters. The van der Waals surface area contributed by atoms with E-state index >= 15 is 0 Å². The smallest absolute Gasteiger partial charge is 0.296 e. The number of aromatic nitrogens is 1. The van der Waals surface area contributed by atoms with Crippen LogP contribution in [0.5, 0.6) is 5.75 Å². The Morgan fingerprint density at radius 1 is 1.03 bits per heavy atom. The minimum absolute atomic E-state index is 0.0267. The molecule has 3 rings (SSSR count). The minimum Gasteiger partial charge on any atom is -0.495 e. The van der Waals surface area contributed by atoms with Crippen molar-refractivity contribution in [2.24, 2.45) is 0 Å². The van der Waals surface area contributed by atoms with Crippen LogP contribution in [0.2, 0.25) is 0 Å². The number of methoxy groups -OCH3 is 1. The summed E-state index contributed by atoms with van der Waals surface area (Å²) in [6, 6.07) is 14.4. The molecule has 0 saturated carbocycles. The van der Waals surface area contributed by atoms with Gasteiger partial charge in [-0.1, -0.05) is 49.2 Å². The highest BCUT2D eigenvalue weighted by Crippen LogP contribution is 2.30. The molecule has 0 aliphatic heterocycles. The monoisotopic (exact) mass is 488 g/mol. The number of benzene rings is 2. The van der Waals surface area contributed by atoms with Crippen molar-refractivity contribution < 1.29 is 23.4 Å². The Labute approximate surface area is 204 Å². The third-order valence-electron chi connectivity index (χ3n) is 6.01. The van der Waals surface area contributed by atoms with Crippen LogP contribution in [0.25, 0.3) is 10.9 Å². The molecule has 2 N–H and O–H groups in total. The van der Waals surface area contributed by atoms with Crippen molar-refractivity contribution in [2.45, 2.75) is 37.7 Å². The fraction of sp³-hybridized carbons (Fsp3) is 0.444. The van der Waals surface area contributed by atoms with Gasteiger partial charge in [0.15, 0.2) is 0 Å². The molecule has 0 amide bonds. The lowest BCUT2D eigenvalue weighted by atomic mass is 10.0. The number of aromatic amines is 1. The number of nitrogens with zero attached hydrogens (tertiary/aromatic N) is 1. The first-order valence-electron chi connectivity index (χ1n) is 11.9. The van der Waals surface area contributed by atoms with Crippen molar-refractivity contribution in [3.05, 3.63) is 76.1 Å². The molecule has 35 heavy (non-hydrogen) atoms. The van der Waals surface area contributed by atoms with Gasteiger partial charge >= 0.3 is 0 Å². The van der Waals surface area contributed by atoms with E-state index in [1.54, 1.807) is 30.3 Å². The highest BCUT2D eigenvalue weighted by atomic mass is 19.3. The van der Waals surface area contributed by atoms with Crippen molar-refractivity contribution in [1.29, 1.82) is 0 Å². The average molecular weight is 489 g/mol. The number of likely N-dealkylation sites (N-methyl/N-ethyl adjacent to an activating group) is 1. The van der Waals surface area contributed by atoms with E-state index in [-0.39, 0.29) is 11.1 Å². The van der Waals surface area contributed by atoms with Crippen LogP contribution in [-0.4, -0.2) is 55.5 Å². The molecule has 1 aromatic heterocycles. The molecule has 0 aliphatic rings. The number of rotatable bonds is 14. The molecule has 0 spiro atoms. The zero-order valence-electron chi connectivity index (χ0n) is 20.3. The average Bonchev–Trinajstić information content (AvgIpc) is 2.85. The Morgan fingerprint density at radius 2 is 1.77 bits per heavy atom. The maximum absolute atomic E-state index is 14.1. The normalized spacial score (nSPS) is 12.9. The SMILES string of the molecule is COc1ccc([C@@H](O)CN(C)CCCCCCOCC(F)(F)c2ccccc2)c2ccc(=O)[nH]c12. The number of alkyl halides is 2. The number of hydrogen-bond acceptors (Lipinski definition) is 5. The van der Waals surface area contributed by atoms with Crippen molar-refractivity contribution in [2.75, 3.05) is 40.5 Å². The highest BCUT2D eigenvalue weighted by Gasteiger charge is 2.31. The lowest BCUT2D eigenvalue weighted by Crippen LogP contribution is -2.26. The van der Waals surface area contributed by atoms with Gasteiger partial charge in [0.1, 0.15) is 12.4 Å². The van der Waals surface area contributed by atoms with E-state index in [1.165, 1.54) is 25.3 Å². The Balaban J connectivity index is 1.36. The van der Waals surface area contributed by atoms with E-state index in [1.807, 2.05) is 13.1 Å². The summed E-state index contributed by atoms with van der Waals surface area (Å²) in [4.78, 5) is 16.6. The summed E-state index contributed by atoms with van der Waals surface area (Å²) >= 11 is 0. The quantitative estimate of drug-likeness (QED) is 0.317. The van der Waals surface area contributed by atoms with E-state index in [0.29, 0.717) is 24.4 Å². The third kappa shape index (κ3) is 7.59. The number of ether oxygens (including phenoxy) is 2. The molecule has 0 bridgehead atoms. The summed E-state index contributed by atoms with van der Waals surface area (Å²) in [5.41, 5.74) is 1.05. The Bertz CT molecular complexity index is 1120. The first-order chi connectivity index (χ1) is 16.8. The van der Waals surface area contributed by atoms with Crippen molar-refractivity contribution in [3.63, 3.8) is 0 Å². The number of nitrogens with one attached hydrogen (secondary N) is 1. The van der Waals surface area contributed by atoms with Gasteiger partial charge in [-0.05, 0) is 44.1 Å². The largest absolute Gasteiger partial charge is 0.495 e. The van der Waals surface area contributed by atoms with Gasteiger partial charge in [0.2, 0.25) is 5.56 Å². The highest BCUT2D eigenvalue weighted by molar-refractivity contribution is 5.87. The standard InChI is InChI=1S/C27H34F2N2O4/c1-31(16-8-3-4-9-17-35-19-27(28,29)20-10-6-5-7-11-20)18-23(32)21-12-14-24(34-2)26-22(21)13-15-25(33)30-26/h5-7,10-15,23,32H,3-4,8-9,16-19H2,1-2H3,(H,30,33)/t23-/m0/s1. The molecule has 1 heterocycles. The van der Waals surface area contributed by atoms with E-state index in [9.17, 15) is 18.7 Å². The zero-order valence-corrected chi connectivity index (χ0v) is 20.3. The summed E-state index contributed by atoms with van der Waals surface area (Å²) in [5.74, 6) is -2.43. The van der Waals surface area contributed by atoms with E-state index in [2.05, 4.69) is 9.88 Å². The van der Waals surface area contributed by atoms with Crippen LogP contribution in [0.15, 0.2) is 59.4 Å². The van der Waals surface area contributed by atoms with E-state index < -0.39 is 18.6 Å². The summed E-state index contributed by atoms with van der Waals surface area (Å²) in [7, 11) is 3.49. The molecule has 0 unspecified atom stereocenters. The number of pyridine rings is 1. The predicted molar refractivity (Wildman–Crippen MR) is 133 cm³/mol. The number of unbranched alkanes of at least 4 members (excludes halogenated alkanes) is 3. The molecule has 6 nitrogen and oxygen atoms in total. The fourth-order valence-electron chi connectivity index (χ4n) is 4.10. The molecule has 190 valence electrons. The second-order valence-electron chi connectivity index (χ2n) is 8.78. The van der Waals surface area contributed by atoms with Crippen LogP contribution in [0.1, 0.15) is 42.9 Å². The minimum atomic E-state index is -2.98. The Hall–Kier alpha value is -2.81. The van der Waals surface area contributed by atoms with Crippen LogP contribution >= 0.6 is 0 Å². The molecular weight excluding hydrogens is 454 g/mol. The number of aliphatic hydroxyl groups is 1.